The van der Waals surface area contributed by atoms with Gasteiger partial charge in [-0.15, -0.1) is 23.5 Å². The van der Waals surface area contributed by atoms with Crippen molar-refractivity contribution in [3.63, 3.8) is 0 Å². The molecule has 0 saturated carbocycles. The van der Waals surface area contributed by atoms with Crippen LogP contribution in [0.2, 0.25) is 0 Å². The first-order valence-electron chi connectivity index (χ1n) is 24.9. The van der Waals surface area contributed by atoms with E-state index in [1.165, 1.54) is 97.0 Å². The number of anilines is 4. The fourth-order valence-corrected chi connectivity index (χ4v) is 9.02. The molecule has 1 aliphatic rings. The van der Waals surface area contributed by atoms with Gasteiger partial charge in [0.2, 0.25) is 11.9 Å². The number of methoxy groups -OCH3 is 6. The maximum Gasteiger partial charge on any atom is 0.496 e. The Hall–Kier alpha value is -8.20. The average molecular weight is 1300 g/mol. The number of benzene rings is 2. The van der Waals surface area contributed by atoms with E-state index in [1.807, 2.05) is 34.0 Å². The van der Waals surface area contributed by atoms with E-state index in [0.717, 1.165) is 27.7 Å². The van der Waals surface area contributed by atoms with Crippen molar-refractivity contribution >= 4 is 87.2 Å². The summed E-state index contributed by atoms with van der Waals surface area (Å²) in [6, 6.07) is 15.1. The Kier molecular flexibility index (Phi) is 20.9. The van der Waals surface area contributed by atoms with Gasteiger partial charge in [-0.25, -0.2) is 38.9 Å². The minimum absolute atomic E-state index is 0.0161. The topological polar surface area (TPSA) is 245 Å². The number of ether oxygens (including phenoxy) is 6. The van der Waals surface area contributed by atoms with E-state index in [2.05, 4.69) is 66.7 Å². The molecule has 1 fully saturated rings. The molecule has 0 spiro atoms. The number of rotatable bonds is 16. The highest BCUT2D eigenvalue weighted by molar-refractivity contribution is 9.10. The first-order chi connectivity index (χ1) is 40.7. The second-order valence-corrected chi connectivity index (χ2v) is 21.2. The maximum atomic E-state index is 13.3. The van der Waals surface area contributed by atoms with Crippen LogP contribution in [0.4, 0.5) is 49.6 Å². The normalized spacial score (nSPS) is 13.3. The van der Waals surface area contributed by atoms with E-state index in [1.54, 1.807) is 54.9 Å². The highest BCUT2D eigenvalue weighted by Gasteiger charge is 2.52. The smallest absolute Gasteiger partial charge is 0.496 e. The number of alkyl halides is 6. The van der Waals surface area contributed by atoms with E-state index in [4.69, 9.17) is 37.7 Å². The molecule has 0 amide bonds. The van der Waals surface area contributed by atoms with Crippen molar-refractivity contribution in [1.29, 1.82) is 0 Å². The molecule has 7 heterocycles. The van der Waals surface area contributed by atoms with Gasteiger partial charge in [0.05, 0.1) is 69.5 Å². The van der Waals surface area contributed by atoms with Crippen LogP contribution >= 0.6 is 39.5 Å². The van der Waals surface area contributed by atoms with Crippen LogP contribution in [0.25, 0.3) is 22.8 Å². The zero-order chi connectivity index (χ0) is 62.9. The van der Waals surface area contributed by atoms with Gasteiger partial charge in [-0.2, -0.15) is 46.5 Å². The summed E-state index contributed by atoms with van der Waals surface area (Å²) in [5.41, 5.74) is 0.0987. The van der Waals surface area contributed by atoms with Gasteiger partial charge in [-0.1, -0.05) is 0 Å². The summed E-state index contributed by atoms with van der Waals surface area (Å²) in [6.07, 6.45) is 2.69. The summed E-state index contributed by atoms with van der Waals surface area (Å²) in [6.45, 7) is 7.94. The van der Waals surface area contributed by atoms with Crippen molar-refractivity contribution in [2.24, 2.45) is 0 Å². The lowest BCUT2D eigenvalue weighted by Gasteiger charge is -2.32. The monoisotopic (exact) mass is 1300 g/mol. The van der Waals surface area contributed by atoms with E-state index in [9.17, 15) is 35.9 Å². The Morgan fingerprint density at radius 1 is 0.581 bits per heavy atom. The van der Waals surface area contributed by atoms with E-state index < -0.39 is 54.0 Å². The zero-order valence-electron chi connectivity index (χ0n) is 47.8. The molecule has 1 aliphatic heterocycles. The molecular weight excluding hydrogens is 1250 g/mol. The second kappa shape index (κ2) is 27.4. The van der Waals surface area contributed by atoms with Crippen molar-refractivity contribution in [1.82, 2.24) is 49.5 Å². The lowest BCUT2D eigenvalue weighted by molar-refractivity contribution is -0.142. The Balaban J connectivity index is 0.000000194. The van der Waals surface area contributed by atoms with Crippen molar-refractivity contribution in [2.75, 3.05) is 65.8 Å². The highest BCUT2D eigenvalue weighted by Crippen LogP contribution is 2.38. The van der Waals surface area contributed by atoms with Crippen LogP contribution in [0.15, 0.2) is 112 Å². The van der Waals surface area contributed by atoms with Crippen LogP contribution < -0.4 is 35.0 Å². The number of aromatic nitrogens is 10. The van der Waals surface area contributed by atoms with Crippen LogP contribution in [0, 0.1) is 0 Å². The van der Waals surface area contributed by atoms with Gasteiger partial charge < -0.3 is 48.4 Å². The number of carbonyl (C=O) groups excluding carboxylic acids is 2. The second-order valence-electron chi connectivity index (χ2n) is 18.7. The number of nitrogens with one attached hydrogen (secondary N) is 2. The van der Waals surface area contributed by atoms with E-state index >= 15 is 0 Å². The largest absolute Gasteiger partial charge is 0.497 e. The third-order valence-corrected chi connectivity index (χ3v) is 14.6. The van der Waals surface area contributed by atoms with Gasteiger partial charge in [-0.3, -0.25) is 0 Å². The fourth-order valence-electron chi connectivity index (χ4n) is 7.61. The fraction of sp³-hybridized carbons (Fsp3) is 0.296. The third kappa shape index (κ3) is 15.6. The maximum absolute atomic E-state index is 13.3. The quantitative estimate of drug-likeness (QED) is 0.0395. The summed E-state index contributed by atoms with van der Waals surface area (Å²) < 4.78 is 123. The first kappa shape index (κ1) is 65.4. The summed E-state index contributed by atoms with van der Waals surface area (Å²) in [7, 11) is 8.08. The zero-order valence-corrected chi connectivity index (χ0v) is 51.1. The molecule has 0 unspecified atom stereocenters. The van der Waals surface area contributed by atoms with Crippen LogP contribution in [0.1, 0.15) is 59.8 Å². The standard InChI is InChI=1S/C24H21F3N6O4S.C16H13BrF3N5O2.C14H20BNO4S/c1-35-15-8-14(9-16(10-15)36-2)30-23-29-12-18(13-7-17(22(34)37-3)21(38-4)28-11-13)20(31-23)33-6-5-19(32-33)24(25,26)27;1-26-10-5-9(6-11(7-10)27-2)22-15-21-8-12(17)14(23-15)25-4-3-13(24-25)16(18,19)20;1-13(2)14(3,4)20-15(19-13)9-7-10(12(17)18-5)11(21-6)16-8-9/h5-12H,1-4H3,(H,29,30,31);3-8H,1-2H3,(H,21,22,23);7-8H,1-6H3. The Labute approximate surface area is 505 Å². The molecular formula is C54H54BBrF6N12O10S2. The lowest BCUT2D eigenvalue weighted by Crippen LogP contribution is -2.41. The number of thioether (sulfide) groups is 2. The molecule has 0 radical (unpaired) electrons. The molecule has 0 bridgehead atoms. The van der Waals surface area contributed by atoms with E-state index in [0.29, 0.717) is 65.5 Å². The Morgan fingerprint density at radius 3 is 1.42 bits per heavy atom. The number of nitrogens with zero attached hydrogens (tertiary/aromatic N) is 10. The molecule has 22 nitrogen and oxygen atoms in total. The molecule has 0 aliphatic carbocycles. The van der Waals surface area contributed by atoms with E-state index in [-0.39, 0.29) is 34.7 Å². The molecule has 2 aromatic carbocycles. The Bertz CT molecular complexity index is 3670. The van der Waals surface area contributed by atoms with Crippen LogP contribution in [0.3, 0.4) is 0 Å². The first-order valence-corrected chi connectivity index (χ1v) is 28.2. The van der Waals surface area contributed by atoms with Gasteiger partial charge in [0.15, 0.2) is 23.0 Å². The summed E-state index contributed by atoms with van der Waals surface area (Å²) in [5.74, 6) is 1.46. The number of hydrogen-bond donors (Lipinski definition) is 2. The number of carbonyl (C=O) groups is 2. The summed E-state index contributed by atoms with van der Waals surface area (Å²) in [5, 5.41) is 14.2. The molecule has 2 N–H and O–H groups in total. The number of halogens is 7. The van der Waals surface area contributed by atoms with Gasteiger partial charge in [-0.05, 0) is 80.4 Å². The molecule has 6 aromatic heterocycles. The lowest BCUT2D eigenvalue weighted by atomic mass is 9.80. The van der Waals surface area contributed by atoms with Crippen LogP contribution in [-0.2, 0) is 31.1 Å². The van der Waals surface area contributed by atoms with Gasteiger partial charge >= 0.3 is 31.4 Å². The third-order valence-electron chi connectivity index (χ3n) is 12.7. The van der Waals surface area contributed by atoms with Crippen molar-refractivity contribution in [2.45, 2.75) is 61.3 Å². The van der Waals surface area contributed by atoms with Crippen LogP contribution in [0.5, 0.6) is 23.0 Å². The SMILES string of the molecule is COC(=O)c1cc(-c2cnc(Nc3cc(OC)cc(OC)c3)nc2-n2ccc(C(F)(F)F)n2)cnc1SC.COC(=O)c1cc(B2OC(C)(C)C(C)(C)O2)cnc1SC.COc1cc(Nc2ncc(Br)c(-n3ccc(C(F)(F)F)n3)n2)cc(OC)c1. The predicted octanol–water partition coefficient (Wildman–Crippen LogP) is 11.1. The summed E-state index contributed by atoms with van der Waals surface area (Å²) in [4.78, 5) is 49.9. The predicted molar refractivity (Wildman–Crippen MR) is 311 cm³/mol. The molecule has 8 aromatic rings. The number of esters is 2. The molecule has 454 valence electrons. The number of pyridine rings is 2. The highest BCUT2D eigenvalue weighted by atomic mass is 79.9. The molecule has 86 heavy (non-hydrogen) atoms. The molecule has 32 heteroatoms. The number of hydrogen-bond acceptors (Lipinski definition) is 22. The van der Waals surface area contributed by atoms with Gasteiger partial charge in [0.25, 0.3) is 0 Å². The molecule has 9 rings (SSSR count). The van der Waals surface area contributed by atoms with Gasteiger partial charge in [0, 0.05) is 102 Å². The van der Waals surface area contributed by atoms with Crippen molar-refractivity contribution < 1.29 is 73.7 Å². The minimum atomic E-state index is -4.66. The van der Waals surface area contributed by atoms with Crippen LogP contribution in [-0.4, -0.2) is 135 Å². The van der Waals surface area contributed by atoms with Crippen molar-refractivity contribution in [3.8, 4) is 45.8 Å². The summed E-state index contributed by atoms with van der Waals surface area (Å²) >= 11 is 5.86. The average Bonchev–Trinajstić information content (AvgIpc) is 4.36. The molecule has 1 saturated heterocycles. The minimum Gasteiger partial charge on any atom is -0.497 e. The van der Waals surface area contributed by atoms with Gasteiger partial charge in [0.1, 0.15) is 33.0 Å². The Morgan fingerprint density at radius 2 is 1.00 bits per heavy atom. The molecule has 0 atom stereocenters. The van der Waals surface area contributed by atoms with Crippen molar-refractivity contribution in [3.05, 3.63) is 125 Å².